The minimum Gasteiger partial charge on any atom is -0.478 e. The van der Waals surface area contributed by atoms with Crippen LogP contribution in [-0.2, 0) is 9.59 Å². The number of aromatic nitrogens is 1. The minimum absolute atomic E-state index is 0.128. The highest BCUT2D eigenvalue weighted by Crippen LogP contribution is 2.21. The number of anilines is 1. The Bertz CT molecular complexity index is 907. The molecule has 146 valence electrons. The molecule has 2 aromatic rings. The number of carboxylic acids is 1. The molecule has 1 amide bonds. The first-order valence-corrected chi connectivity index (χ1v) is 9.95. The van der Waals surface area contributed by atoms with Gasteiger partial charge in [-0.25, -0.2) is 4.79 Å². The van der Waals surface area contributed by atoms with E-state index in [1.165, 1.54) is 11.3 Å². The van der Waals surface area contributed by atoms with Gasteiger partial charge in [0.05, 0.1) is 17.6 Å². The summed E-state index contributed by atoms with van der Waals surface area (Å²) >= 11 is 1.51. The van der Waals surface area contributed by atoms with E-state index in [1.807, 2.05) is 46.8 Å². The van der Waals surface area contributed by atoms with Gasteiger partial charge in [-0.2, -0.15) is 0 Å². The second kappa shape index (κ2) is 8.84. The molecule has 2 aromatic heterocycles. The zero-order valence-corrected chi connectivity index (χ0v) is 16.8. The van der Waals surface area contributed by atoms with Crippen molar-refractivity contribution in [3.63, 3.8) is 0 Å². The number of carboxylic acid groups (broad SMARTS) is 1. The van der Waals surface area contributed by atoms with E-state index in [0.717, 1.165) is 48.0 Å². The van der Waals surface area contributed by atoms with Crippen molar-refractivity contribution in [1.29, 1.82) is 0 Å². The normalized spacial score (nSPS) is 15.3. The predicted molar refractivity (Wildman–Crippen MR) is 113 cm³/mol. The van der Waals surface area contributed by atoms with Crippen LogP contribution in [0.2, 0.25) is 0 Å². The smallest absolute Gasteiger partial charge is 0.331 e. The van der Waals surface area contributed by atoms with Crippen LogP contribution in [0.4, 0.5) is 5.69 Å². The van der Waals surface area contributed by atoms with Gasteiger partial charge >= 0.3 is 5.97 Å². The van der Waals surface area contributed by atoms with Gasteiger partial charge in [-0.1, -0.05) is 6.08 Å². The number of amides is 1. The topological polar surface area (TPSA) is 73.7 Å². The van der Waals surface area contributed by atoms with Gasteiger partial charge in [-0.15, -0.1) is 11.3 Å². The van der Waals surface area contributed by atoms with Gasteiger partial charge in [0, 0.05) is 43.6 Å². The van der Waals surface area contributed by atoms with E-state index in [2.05, 4.69) is 9.88 Å². The highest BCUT2D eigenvalue weighted by atomic mass is 32.1. The van der Waals surface area contributed by atoms with Crippen molar-refractivity contribution < 1.29 is 14.7 Å². The molecule has 1 fully saturated rings. The molecule has 6 nitrogen and oxygen atoms in total. The number of nitrogens with zero attached hydrogens (tertiary/aromatic N) is 3. The molecule has 28 heavy (non-hydrogen) atoms. The standard InChI is InChI=1S/C21H23N3O3S/c1-15(21(26)27)11-20-12-17(14-28-20)3-4-18-5-6-19(13-22-18)24-9-7-23(8-10-24)16(2)25/h3-6,11-14H,7-10H2,1-2H3,(H,26,27). The summed E-state index contributed by atoms with van der Waals surface area (Å²) in [4.78, 5) is 31.8. The number of pyridine rings is 1. The Morgan fingerprint density at radius 1 is 1.14 bits per heavy atom. The van der Waals surface area contributed by atoms with Crippen LogP contribution < -0.4 is 4.90 Å². The molecule has 1 saturated heterocycles. The van der Waals surface area contributed by atoms with Crippen LogP contribution in [0.5, 0.6) is 0 Å². The van der Waals surface area contributed by atoms with Crippen molar-refractivity contribution in [2.75, 3.05) is 31.1 Å². The Kier molecular flexibility index (Phi) is 6.26. The van der Waals surface area contributed by atoms with Crippen LogP contribution in [0.25, 0.3) is 18.2 Å². The van der Waals surface area contributed by atoms with Crippen molar-refractivity contribution in [2.45, 2.75) is 13.8 Å². The van der Waals surface area contributed by atoms with E-state index in [-0.39, 0.29) is 5.91 Å². The molecule has 3 heterocycles. The number of carbonyl (C=O) groups is 2. The largest absolute Gasteiger partial charge is 0.478 e. The highest BCUT2D eigenvalue weighted by Gasteiger charge is 2.18. The average molecular weight is 398 g/mol. The van der Waals surface area contributed by atoms with Crippen molar-refractivity contribution in [3.05, 3.63) is 51.5 Å². The Morgan fingerprint density at radius 2 is 1.89 bits per heavy atom. The summed E-state index contributed by atoms with van der Waals surface area (Å²) in [6.07, 6.45) is 7.44. The van der Waals surface area contributed by atoms with Gasteiger partial charge < -0.3 is 14.9 Å². The molecule has 0 unspecified atom stereocenters. The first-order chi connectivity index (χ1) is 13.4. The van der Waals surface area contributed by atoms with Gasteiger partial charge in [0.15, 0.2) is 0 Å². The second-order valence-electron chi connectivity index (χ2n) is 6.68. The first-order valence-electron chi connectivity index (χ1n) is 9.07. The third-order valence-electron chi connectivity index (χ3n) is 4.64. The second-order valence-corrected chi connectivity index (χ2v) is 7.63. The maximum Gasteiger partial charge on any atom is 0.331 e. The first kappa shape index (κ1) is 19.8. The van der Waals surface area contributed by atoms with Crippen molar-refractivity contribution in [2.24, 2.45) is 0 Å². The van der Waals surface area contributed by atoms with Crippen LogP contribution in [0.3, 0.4) is 0 Å². The lowest BCUT2D eigenvalue weighted by Gasteiger charge is -2.35. The summed E-state index contributed by atoms with van der Waals surface area (Å²) in [6.45, 7) is 6.32. The molecule has 1 aliphatic rings. The summed E-state index contributed by atoms with van der Waals surface area (Å²) in [5.74, 6) is -0.777. The fourth-order valence-corrected chi connectivity index (χ4v) is 3.82. The number of hydrogen-bond donors (Lipinski definition) is 1. The van der Waals surface area contributed by atoms with Gasteiger partial charge in [0.2, 0.25) is 5.91 Å². The number of thiophene rings is 1. The van der Waals surface area contributed by atoms with Crippen molar-refractivity contribution in [3.8, 4) is 0 Å². The van der Waals surface area contributed by atoms with E-state index >= 15 is 0 Å². The molecule has 0 spiro atoms. The monoisotopic (exact) mass is 397 g/mol. The third-order valence-corrected chi connectivity index (χ3v) is 5.54. The molecule has 0 atom stereocenters. The van der Waals surface area contributed by atoms with Crippen molar-refractivity contribution in [1.82, 2.24) is 9.88 Å². The summed E-state index contributed by atoms with van der Waals surface area (Å²) in [7, 11) is 0. The molecule has 0 aromatic carbocycles. The molecule has 0 aliphatic carbocycles. The lowest BCUT2D eigenvalue weighted by atomic mass is 10.2. The minimum atomic E-state index is -0.905. The molecule has 0 bridgehead atoms. The molecule has 1 aliphatic heterocycles. The van der Waals surface area contributed by atoms with Crippen LogP contribution in [0.15, 0.2) is 35.3 Å². The molecular formula is C21H23N3O3S. The van der Waals surface area contributed by atoms with Crippen LogP contribution in [-0.4, -0.2) is 53.0 Å². The molecule has 1 N–H and O–H groups in total. The predicted octanol–water partition coefficient (Wildman–Crippen LogP) is 3.47. The van der Waals surface area contributed by atoms with Crippen LogP contribution in [0.1, 0.15) is 30.0 Å². The maximum atomic E-state index is 11.4. The van der Waals surface area contributed by atoms with Gasteiger partial charge in [-0.3, -0.25) is 9.78 Å². The van der Waals surface area contributed by atoms with Gasteiger partial charge in [0.25, 0.3) is 0 Å². The van der Waals surface area contributed by atoms with E-state index in [9.17, 15) is 9.59 Å². The fraction of sp³-hybridized carbons (Fsp3) is 0.286. The van der Waals surface area contributed by atoms with Gasteiger partial charge in [-0.05, 0) is 48.2 Å². The third kappa shape index (κ3) is 5.07. The van der Waals surface area contributed by atoms with E-state index < -0.39 is 5.97 Å². The molecule has 7 heteroatoms. The lowest BCUT2D eigenvalue weighted by Crippen LogP contribution is -2.48. The average Bonchev–Trinajstić information content (AvgIpc) is 3.14. The number of carbonyl (C=O) groups excluding carboxylic acids is 1. The number of hydrogen-bond acceptors (Lipinski definition) is 5. The lowest BCUT2D eigenvalue weighted by molar-refractivity contribution is -0.132. The summed E-state index contributed by atoms with van der Waals surface area (Å²) in [5, 5.41) is 10.9. The fourth-order valence-electron chi connectivity index (χ4n) is 2.95. The maximum absolute atomic E-state index is 11.4. The molecular weight excluding hydrogens is 374 g/mol. The quantitative estimate of drug-likeness (QED) is 0.782. The van der Waals surface area contributed by atoms with E-state index in [0.29, 0.717) is 5.57 Å². The van der Waals surface area contributed by atoms with Crippen molar-refractivity contribution >= 4 is 47.1 Å². The number of piperazine rings is 1. The van der Waals surface area contributed by atoms with Gasteiger partial charge in [0.1, 0.15) is 0 Å². The Labute approximate surface area is 168 Å². The van der Waals surface area contributed by atoms with E-state index in [1.54, 1.807) is 19.9 Å². The highest BCUT2D eigenvalue weighted by molar-refractivity contribution is 7.11. The summed E-state index contributed by atoms with van der Waals surface area (Å²) < 4.78 is 0. The van der Waals surface area contributed by atoms with Crippen LogP contribution >= 0.6 is 11.3 Å². The Hall–Kier alpha value is -2.93. The zero-order valence-electron chi connectivity index (χ0n) is 16.0. The molecule has 0 saturated carbocycles. The summed E-state index contributed by atoms with van der Waals surface area (Å²) in [6, 6.07) is 5.98. The zero-order chi connectivity index (χ0) is 20.1. The SMILES string of the molecule is CC(=O)N1CCN(c2ccc(C=Cc3csc(C=C(C)C(=O)O)c3)nc2)CC1. The Morgan fingerprint density at radius 3 is 2.50 bits per heavy atom. The summed E-state index contributed by atoms with van der Waals surface area (Å²) in [5.41, 5.74) is 3.25. The number of rotatable bonds is 5. The Balaban J connectivity index is 1.60. The number of aliphatic carboxylic acids is 1. The molecule has 0 radical (unpaired) electrons. The van der Waals surface area contributed by atoms with E-state index in [4.69, 9.17) is 5.11 Å². The van der Waals surface area contributed by atoms with Crippen LogP contribution in [0, 0.1) is 0 Å². The molecule has 3 rings (SSSR count).